The van der Waals surface area contributed by atoms with E-state index in [1.165, 1.54) is 7.11 Å². The molecule has 0 radical (unpaired) electrons. The summed E-state index contributed by atoms with van der Waals surface area (Å²) in [5.74, 6) is -1.53. The molecule has 0 spiro atoms. The lowest BCUT2D eigenvalue weighted by Gasteiger charge is -2.18. The molecule has 0 saturated carbocycles. The van der Waals surface area contributed by atoms with Gasteiger partial charge in [-0.25, -0.2) is 4.79 Å². The van der Waals surface area contributed by atoms with Crippen LogP contribution in [0.2, 0.25) is 0 Å². The minimum Gasteiger partial charge on any atom is -0.481 e. The topological polar surface area (TPSA) is 95.9 Å². The van der Waals surface area contributed by atoms with Gasteiger partial charge < -0.3 is 14.7 Å². The maximum absolute atomic E-state index is 11.7. The van der Waals surface area contributed by atoms with Crippen molar-refractivity contribution in [3.63, 3.8) is 0 Å². The highest BCUT2D eigenvalue weighted by molar-refractivity contribution is 5.94. The number of carbonyl (C=O) groups is 3. The van der Waals surface area contributed by atoms with Crippen LogP contribution in [0.3, 0.4) is 0 Å². The molecule has 2 amide bonds. The predicted molar refractivity (Wildman–Crippen MR) is 74.2 cm³/mol. The molecule has 0 saturated heterocycles. The number of nitrogens with one attached hydrogen (secondary N) is 1. The van der Waals surface area contributed by atoms with Gasteiger partial charge in [0, 0.05) is 18.2 Å². The highest BCUT2D eigenvalue weighted by atomic mass is 16.5. The molecular weight excluding hydrogens is 276 g/mol. The molecule has 1 heterocycles. The third kappa shape index (κ3) is 3.50. The average Bonchev–Trinajstić information content (AvgIpc) is 2.76. The Kier molecular flexibility index (Phi) is 4.42. The van der Waals surface area contributed by atoms with Crippen LogP contribution in [0.1, 0.15) is 17.9 Å². The van der Waals surface area contributed by atoms with Gasteiger partial charge in [-0.2, -0.15) is 0 Å². The Morgan fingerprint density at radius 1 is 1.38 bits per heavy atom. The van der Waals surface area contributed by atoms with Crippen molar-refractivity contribution in [3.8, 4) is 0 Å². The van der Waals surface area contributed by atoms with Crippen molar-refractivity contribution >= 4 is 23.7 Å². The van der Waals surface area contributed by atoms with E-state index in [9.17, 15) is 14.4 Å². The molecule has 1 aliphatic heterocycles. The van der Waals surface area contributed by atoms with Crippen molar-refractivity contribution in [2.24, 2.45) is 0 Å². The molecule has 112 valence electrons. The third-order valence-corrected chi connectivity index (χ3v) is 3.34. The van der Waals surface area contributed by atoms with E-state index in [-0.39, 0.29) is 18.9 Å². The maximum atomic E-state index is 11.7. The van der Waals surface area contributed by atoms with Crippen molar-refractivity contribution in [2.75, 3.05) is 25.1 Å². The van der Waals surface area contributed by atoms with E-state index in [0.717, 1.165) is 11.3 Å². The number of benzene rings is 1. The number of carbonyl (C=O) groups excluding carboxylic acids is 2. The number of methoxy groups -OCH3 is 1. The SMILES string of the molecule is COC(=O)NC(=O)CN1CC(CC(=O)O)c2ccccc21. The number of amides is 2. The Hall–Kier alpha value is -2.57. The number of ether oxygens (including phenoxy) is 1. The number of nitrogens with zero attached hydrogens (tertiary/aromatic N) is 1. The van der Waals surface area contributed by atoms with Gasteiger partial charge >= 0.3 is 12.1 Å². The molecule has 0 aliphatic carbocycles. The minimum atomic E-state index is -0.879. The predicted octanol–water partition coefficient (Wildman–Crippen LogP) is 0.948. The zero-order valence-electron chi connectivity index (χ0n) is 11.5. The standard InChI is InChI=1S/C14H16N2O5/c1-21-14(20)15-12(17)8-16-7-9(6-13(18)19)10-4-2-3-5-11(10)16/h2-5,9H,6-8H2,1H3,(H,18,19)(H,15,17,20). The number of carboxylic acid groups (broad SMARTS) is 1. The summed E-state index contributed by atoms with van der Waals surface area (Å²) >= 11 is 0. The first-order valence-electron chi connectivity index (χ1n) is 6.44. The van der Waals surface area contributed by atoms with E-state index in [2.05, 4.69) is 10.1 Å². The summed E-state index contributed by atoms with van der Waals surface area (Å²) < 4.78 is 4.36. The van der Waals surface area contributed by atoms with Gasteiger partial charge in [0.2, 0.25) is 5.91 Å². The highest BCUT2D eigenvalue weighted by Gasteiger charge is 2.31. The summed E-state index contributed by atoms with van der Waals surface area (Å²) in [6, 6.07) is 7.36. The van der Waals surface area contributed by atoms with Crippen molar-refractivity contribution < 1.29 is 24.2 Å². The zero-order valence-corrected chi connectivity index (χ0v) is 11.5. The maximum Gasteiger partial charge on any atom is 0.413 e. The van der Waals surface area contributed by atoms with Gasteiger partial charge in [0.05, 0.1) is 20.1 Å². The second-order valence-electron chi connectivity index (χ2n) is 4.77. The Labute approximate surface area is 121 Å². The molecule has 1 aromatic rings. The number of para-hydroxylation sites is 1. The van der Waals surface area contributed by atoms with Crippen molar-refractivity contribution in [3.05, 3.63) is 29.8 Å². The Morgan fingerprint density at radius 3 is 2.76 bits per heavy atom. The minimum absolute atomic E-state index is 0.00609. The van der Waals surface area contributed by atoms with Crippen LogP contribution in [0.15, 0.2) is 24.3 Å². The number of rotatable bonds is 4. The van der Waals surface area contributed by atoms with Gasteiger partial charge in [-0.3, -0.25) is 14.9 Å². The van der Waals surface area contributed by atoms with Crippen LogP contribution in [-0.4, -0.2) is 43.3 Å². The molecule has 2 N–H and O–H groups in total. The van der Waals surface area contributed by atoms with Crippen LogP contribution in [0, 0.1) is 0 Å². The van der Waals surface area contributed by atoms with Gasteiger partial charge in [0.1, 0.15) is 0 Å². The number of alkyl carbamates (subject to hydrolysis) is 1. The van der Waals surface area contributed by atoms with Crippen molar-refractivity contribution in [1.82, 2.24) is 5.32 Å². The largest absolute Gasteiger partial charge is 0.481 e. The smallest absolute Gasteiger partial charge is 0.413 e. The molecule has 0 fully saturated rings. The molecule has 1 aromatic carbocycles. The van der Waals surface area contributed by atoms with Gasteiger partial charge in [-0.05, 0) is 11.6 Å². The molecule has 1 unspecified atom stereocenters. The summed E-state index contributed by atoms with van der Waals surface area (Å²) in [7, 11) is 1.18. The number of hydrogen-bond acceptors (Lipinski definition) is 5. The summed E-state index contributed by atoms with van der Waals surface area (Å²) in [4.78, 5) is 35.4. The first-order chi connectivity index (χ1) is 10.0. The van der Waals surface area contributed by atoms with Crippen LogP contribution in [0.4, 0.5) is 10.5 Å². The van der Waals surface area contributed by atoms with Crippen LogP contribution in [0.5, 0.6) is 0 Å². The van der Waals surface area contributed by atoms with Gasteiger partial charge in [0.15, 0.2) is 0 Å². The monoisotopic (exact) mass is 292 g/mol. The van der Waals surface area contributed by atoms with E-state index in [0.29, 0.717) is 6.54 Å². The third-order valence-electron chi connectivity index (χ3n) is 3.34. The van der Waals surface area contributed by atoms with Crippen molar-refractivity contribution in [1.29, 1.82) is 0 Å². The quantitative estimate of drug-likeness (QED) is 0.857. The van der Waals surface area contributed by atoms with Crippen LogP contribution in [0.25, 0.3) is 0 Å². The fourth-order valence-electron chi connectivity index (χ4n) is 2.50. The van der Waals surface area contributed by atoms with E-state index in [4.69, 9.17) is 5.11 Å². The average molecular weight is 292 g/mol. The fraction of sp³-hybridized carbons (Fsp3) is 0.357. The van der Waals surface area contributed by atoms with Crippen LogP contribution < -0.4 is 10.2 Å². The van der Waals surface area contributed by atoms with Crippen molar-refractivity contribution in [2.45, 2.75) is 12.3 Å². The lowest BCUT2D eigenvalue weighted by molar-refractivity contribution is -0.137. The van der Waals surface area contributed by atoms with Gasteiger partial charge in [-0.1, -0.05) is 18.2 Å². The number of imide groups is 1. The molecule has 7 nitrogen and oxygen atoms in total. The molecule has 1 atom stereocenters. The van der Waals surface area contributed by atoms with E-state index < -0.39 is 18.0 Å². The lowest BCUT2D eigenvalue weighted by atomic mass is 9.98. The van der Waals surface area contributed by atoms with E-state index in [1.807, 2.05) is 24.3 Å². The normalized spacial score (nSPS) is 16.2. The van der Waals surface area contributed by atoms with Gasteiger partial charge in [-0.15, -0.1) is 0 Å². The summed E-state index contributed by atoms with van der Waals surface area (Å²) in [6.45, 7) is 0.405. The Bertz CT molecular complexity index is 572. The zero-order chi connectivity index (χ0) is 15.4. The molecule has 7 heteroatoms. The molecular formula is C14H16N2O5. The molecule has 1 aliphatic rings. The second-order valence-corrected chi connectivity index (χ2v) is 4.77. The molecule has 21 heavy (non-hydrogen) atoms. The fourth-order valence-corrected chi connectivity index (χ4v) is 2.50. The second kappa shape index (κ2) is 6.25. The van der Waals surface area contributed by atoms with E-state index >= 15 is 0 Å². The van der Waals surface area contributed by atoms with E-state index in [1.54, 1.807) is 4.90 Å². The first-order valence-corrected chi connectivity index (χ1v) is 6.44. The van der Waals surface area contributed by atoms with Crippen LogP contribution >= 0.6 is 0 Å². The number of aliphatic carboxylic acids is 1. The highest BCUT2D eigenvalue weighted by Crippen LogP contribution is 2.37. The molecule has 2 rings (SSSR count). The molecule has 0 bridgehead atoms. The Morgan fingerprint density at radius 2 is 2.10 bits per heavy atom. The summed E-state index contributed by atoms with van der Waals surface area (Å²) in [6.07, 6.45) is -0.804. The van der Waals surface area contributed by atoms with Gasteiger partial charge in [0.25, 0.3) is 0 Å². The lowest BCUT2D eigenvalue weighted by Crippen LogP contribution is -2.39. The number of fused-ring (bicyclic) bond motifs is 1. The Balaban J connectivity index is 2.10. The number of carboxylic acids is 1. The summed E-state index contributed by atoms with van der Waals surface area (Å²) in [5.41, 5.74) is 1.73. The first kappa shape index (κ1) is 14.8. The molecule has 0 aromatic heterocycles. The summed E-state index contributed by atoms with van der Waals surface area (Å²) in [5, 5.41) is 11.0. The number of hydrogen-bond donors (Lipinski definition) is 2. The number of anilines is 1. The van der Waals surface area contributed by atoms with Crippen LogP contribution in [-0.2, 0) is 14.3 Å².